The molecule has 1 unspecified atom stereocenters. The fourth-order valence-electron chi connectivity index (χ4n) is 1.26. The van der Waals surface area contributed by atoms with Crippen LogP contribution >= 0.6 is 15.9 Å². The molecule has 0 radical (unpaired) electrons. The molecular formula is C11H13BrO4. The first-order valence-corrected chi connectivity index (χ1v) is 5.46. The second-order valence-electron chi connectivity index (χ2n) is 3.18. The van der Waals surface area contributed by atoms with Crippen LogP contribution in [0.3, 0.4) is 0 Å². The van der Waals surface area contributed by atoms with Crippen molar-refractivity contribution in [1.82, 2.24) is 0 Å². The Bertz CT molecular complexity index is 378. The lowest BCUT2D eigenvalue weighted by molar-refractivity contribution is -0.142. The molecule has 4 nitrogen and oxygen atoms in total. The van der Waals surface area contributed by atoms with E-state index in [9.17, 15) is 9.90 Å². The van der Waals surface area contributed by atoms with E-state index in [0.29, 0.717) is 15.8 Å². The van der Waals surface area contributed by atoms with Gasteiger partial charge < -0.3 is 14.6 Å². The van der Waals surface area contributed by atoms with Crippen molar-refractivity contribution in [2.24, 2.45) is 0 Å². The fourth-order valence-corrected chi connectivity index (χ4v) is 1.88. The first-order chi connectivity index (χ1) is 7.58. The van der Waals surface area contributed by atoms with Gasteiger partial charge >= 0.3 is 5.97 Å². The molecule has 0 saturated carbocycles. The van der Waals surface area contributed by atoms with Gasteiger partial charge in [-0.05, 0) is 17.7 Å². The molecule has 0 spiro atoms. The Balaban J connectivity index is 2.83. The molecule has 1 atom stereocenters. The maximum Gasteiger partial charge on any atom is 0.308 e. The third-order valence-electron chi connectivity index (χ3n) is 2.15. The Morgan fingerprint density at radius 2 is 2.19 bits per heavy atom. The quantitative estimate of drug-likeness (QED) is 0.862. The average molecular weight is 289 g/mol. The summed E-state index contributed by atoms with van der Waals surface area (Å²) < 4.78 is 10.2. The number of ether oxygens (including phenoxy) is 2. The lowest BCUT2D eigenvalue weighted by atomic mass is 10.1. The van der Waals surface area contributed by atoms with Crippen LogP contribution in [0.2, 0.25) is 0 Å². The normalized spacial score (nSPS) is 12.0. The summed E-state index contributed by atoms with van der Waals surface area (Å²) in [5.74, 6) is 0.233. The third kappa shape index (κ3) is 3.21. The Labute approximate surface area is 102 Å². The second-order valence-corrected chi connectivity index (χ2v) is 4.04. The van der Waals surface area contributed by atoms with Crippen molar-refractivity contribution in [3.63, 3.8) is 0 Å². The zero-order valence-corrected chi connectivity index (χ0v) is 10.7. The highest BCUT2D eigenvalue weighted by atomic mass is 79.9. The van der Waals surface area contributed by atoms with Crippen molar-refractivity contribution < 1.29 is 19.4 Å². The minimum Gasteiger partial charge on any atom is -0.497 e. The van der Waals surface area contributed by atoms with Gasteiger partial charge in [0, 0.05) is 4.47 Å². The number of carbonyl (C=O) groups is 1. The van der Waals surface area contributed by atoms with Gasteiger partial charge in [0.2, 0.25) is 0 Å². The molecule has 1 N–H and O–H groups in total. The van der Waals surface area contributed by atoms with E-state index < -0.39 is 12.1 Å². The maximum atomic E-state index is 11.0. The topological polar surface area (TPSA) is 55.8 Å². The van der Waals surface area contributed by atoms with Gasteiger partial charge in [0.1, 0.15) is 5.75 Å². The van der Waals surface area contributed by atoms with Crippen LogP contribution in [-0.4, -0.2) is 25.3 Å². The molecule has 0 aliphatic rings. The van der Waals surface area contributed by atoms with Crippen LogP contribution in [-0.2, 0) is 9.53 Å². The van der Waals surface area contributed by atoms with E-state index in [4.69, 9.17) is 4.74 Å². The smallest absolute Gasteiger partial charge is 0.308 e. The van der Waals surface area contributed by atoms with Gasteiger partial charge in [-0.3, -0.25) is 4.79 Å². The number of aliphatic hydroxyl groups is 1. The second kappa shape index (κ2) is 5.86. The van der Waals surface area contributed by atoms with Crippen LogP contribution in [0.25, 0.3) is 0 Å². The molecule has 0 heterocycles. The van der Waals surface area contributed by atoms with Crippen molar-refractivity contribution in [1.29, 1.82) is 0 Å². The van der Waals surface area contributed by atoms with Crippen LogP contribution < -0.4 is 4.74 Å². The molecule has 88 valence electrons. The molecule has 1 aromatic carbocycles. The van der Waals surface area contributed by atoms with E-state index in [2.05, 4.69) is 20.7 Å². The van der Waals surface area contributed by atoms with Crippen LogP contribution in [0.15, 0.2) is 22.7 Å². The highest BCUT2D eigenvalue weighted by Crippen LogP contribution is 2.29. The average Bonchev–Trinajstić information content (AvgIpc) is 2.28. The van der Waals surface area contributed by atoms with E-state index >= 15 is 0 Å². The van der Waals surface area contributed by atoms with Crippen molar-refractivity contribution in [2.45, 2.75) is 12.5 Å². The van der Waals surface area contributed by atoms with Crippen molar-refractivity contribution in [2.75, 3.05) is 14.2 Å². The summed E-state index contributed by atoms with van der Waals surface area (Å²) in [7, 11) is 2.85. The maximum absolute atomic E-state index is 11.0. The molecule has 0 aliphatic carbocycles. The summed E-state index contributed by atoms with van der Waals surface area (Å²) in [6.07, 6.45) is -0.950. The fraction of sp³-hybridized carbons (Fsp3) is 0.364. The Morgan fingerprint density at radius 3 is 2.69 bits per heavy atom. The SMILES string of the molecule is COC(=O)CC(O)c1ccc(OC)cc1Br. The van der Waals surface area contributed by atoms with Gasteiger partial charge in [-0.15, -0.1) is 0 Å². The zero-order valence-electron chi connectivity index (χ0n) is 9.07. The summed E-state index contributed by atoms with van der Waals surface area (Å²) in [5.41, 5.74) is 0.631. The van der Waals surface area contributed by atoms with Gasteiger partial charge in [0.25, 0.3) is 0 Å². The largest absolute Gasteiger partial charge is 0.497 e. The molecule has 1 rings (SSSR count). The number of halogens is 1. The number of hydrogen-bond donors (Lipinski definition) is 1. The standard InChI is InChI=1S/C11H13BrO4/c1-15-7-3-4-8(9(12)5-7)10(13)6-11(14)16-2/h3-5,10,13H,6H2,1-2H3. The van der Waals surface area contributed by atoms with E-state index in [1.807, 2.05) is 0 Å². The molecular weight excluding hydrogens is 276 g/mol. The van der Waals surface area contributed by atoms with Crippen molar-refractivity contribution in [3.05, 3.63) is 28.2 Å². The van der Waals surface area contributed by atoms with E-state index in [1.54, 1.807) is 25.3 Å². The first-order valence-electron chi connectivity index (χ1n) is 4.66. The van der Waals surface area contributed by atoms with E-state index in [-0.39, 0.29) is 6.42 Å². The highest BCUT2D eigenvalue weighted by Gasteiger charge is 2.16. The highest BCUT2D eigenvalue weighted by molar-refractivity contribution is 9.10. The van der Waals surface area contributed by atoms with E-state index in [1.165, 1.54) is 7.11 Å². The third-order valence-corrected chi connectivity index (χ3v) is 2.84. The molecule has 0 bridgehead atoms. The van der Waals surface area contributed by atoms with Crippen LogP contribution in [0.1, 0.15) is 18.1 Å². The molecule has 0 aromatic heterocycles. The zero-order chi connectivity index (χ0) is 12.1. The Hall–Kier alpha value is -1.07. The lowest BCUT2D eigenvalue weighted by Gasteiger charge is -2.12. The predicted octanol–water partition coefficient (Wildman–Crippen LogP) is 2.05. The number of methoxy groups -OCH3 is 2. The number of benzene rings is 1. The molecule has 16 heavy (non-hydrogen) atoms. The van der Waals surface area contributed by atoms with Crippen molar-refractivity contribution in [3.8, 4) is 5.75 Å². The Kier molecular flexibility index (Phi) is 4.76. The summed E-state index contributed by atoms with van der Waals surface area (Å²) in [4.78, 5) is 11.0. The van der Waals surface area contributed by atoms with Gasteiger partial charge in [0.05, 0.1) is 26.7 Å². The van der Waals surface area contributed by atoms with Crippen LogP contribution in [0.4, 0.5) is 0 Å². The molecule has 5 heteroatoms. The molecule has 0 amide bonds. The number of aliphatic hydroxyl groups excluding tert-OH is 1. The lowest BCUT2D eigenvalue weighted by Crippen LogP contribution is -2.08. The van der Waals surface area contributed by atoms with Gasteiger partial charge in [0.15, 0.2) is 0 Å². The summed E-state index contributed by atoms with van der Waals surface area (Å²) in [6.45, 7) is 0. The summed E-state index contributed by atoms with van der Waals surface area (Å²) >= 11 is 3.31. The van der Waals surface area contributed by atoms with Crippen LogP contribution in [0.5, 0.6) is 5.75 Å². The van der Waals surface area contributed by atoms with Gasteiger partial charge in [-0.1, -0.05) is 22.0 Å². The molecule has 0 aliphatic heterocycles. The number of esters is 1. The number of hydrogen-bond acceptors (Lipinski definition) is 4. The molecule has 0 saturated heterocycles. The number of carbonyl (C=O) groups excluding carboxylic acids is 1. The minimum absolute atomic E-state index is 0.0680. The monoisotopic (exact) mass is 288 g/mol. The Morgan fingerprint density at radius 1 is 1.50 bits per heavy atom. The molecule has 1 aromatic rings. The molecule has 0 fully saturated rings. The van der Waals surface area contributed by atoms with Gasteiger partial charge in [-0.25, -0.2) is 0 Å². The first kappa shape index (κ1) is 13.0. The van der Waals surface area contributed by atoms with Crippen molar-refractivity contribution >= 4 is 21.9 Å². The predicted molar refractivity (Wildman–Crippen MR) is 62.3 cm³/mol. The number of rotatable bonds is 4. The van der Waals surface area contributed by atoms with Crippen LogP contribution in [0, 0.1) is 0 Å². The summed E-state index contributed by atoms with van der Waals surface area (Å²) in [6, 6.07) is 5.16. The minimum atomic E-state index is -0.882. The van der Waals surface area contributed by atoms with E-state index in [0.717, 1.165) is 0 Å². The van der Waals surface area contributed by atoms with Gasteiger partial charge in [-0.2, -0.15) is 0 Å². The summed E-state index contributed by atoms with van der Waals surface area (Å²) in [5, 5.41) is 9.79.